The van der Waals surface area contributed by atoms with E-state index in [4.69, 9.17) is 0 Å². The van der Waals surface area contributed by atoms with Crippen LogP contribution in [-0.4, -0.2) is 30.6 Å². The van der Waals surface area contributed by atoms with Crippen molar-refractivity contribution in [3.63, 3.8) is 0 Å². The van der Waals surface area contributed by atoms with E-state index in [0.717, 1.165) is 12.8 Å². The third-order valence-electron chi connectivity index (χ3n) is 2.90. The largest absolute Gasteiger partial charge is 0.217 e. The zero-order chi connectivity index (χ0) is 10.9. The Morgan fingerprint density at radius 1 is 1.21 bits per heavy atom. The molecule has 0 aromatic carbocycles. The fourth-order valence-electron chi connectivity index (χ4n) is 2.13. The van der Waals surface area contributed by atoms with Crippen LogP contribution in [0.5, 0.6) is 0 Å². The first-order valence-corrected chi connectivity index (χ1v) is 6.88. The molecular weight excluding hydrogens is 198 g/mol. The molecule has 1 unspecified atom stereocenters. The van der Waals surface area contributed by atoms with Crippen molar-refractivity contribution in [2.75, 3.05) is 6.54 Å². The summed E-state index contributed by atoms with van der Waals surface area (Å²) in [6.45, 7) is 8.57. The number of hydrogen-bond acceptors (Lipinski definition) is 2. The van der Waals surface area contributed by atoms with E-state index in [-0.39, 0.29) is 17.2 Å². The van der Waals surface area contributed by atoms with Crippen LogP contribution < -0.4 is 0 Å². The van der Waals surface area contributed by atoms with Crippen LogP contribution in [0, 0.1) is 5.92 Å². The third-order valence-corrected chi connectivity index (χ3v) is 5.70. The standard InChI is InChI=1S/C10H21NO2S/c1-8(2)10-6-5-7-11(9(3)4)14(10,12)13/h8-10H,5-7H2,1-4H3. The van der Waals surface area contributed by atoms with Crippen molar-refractivity contribution in [1.29, 1.82) is 0 Å². The van der Waals surface area contributed by atoms with Gasteiger partial charge in [-0.1, -0.05) is 13.8 Å². The van der Waals surface area contributed by atoms with E-state index in [1.807, 2.05) is 27.7 Å². The molecule has 1 atom stereocenters. The van der Waals surface area contributed by atoms with Crippen molar-refractivity contribution in [3.05, 3.63) is 0 Å². The van der Waals surface area contributed by atoms with Gasteiger partial charge in [-0.15, -0.1) is 0 Å². The minimum absolute atomic E-state index is 0.0987. The van der Waals surface area contributed by atoms with Gasteiger partial charge in [0.1, 0.15) is 0 Å². The molecule has 1 heterocycles. The van der Waals surface area contributed by atoms with Gasteiger partial charge in [0.05, 0.1) is 5.25 Å². The average Bonchev–Trinajstić information content (AvgIpc) is 2.01. The van der Waals surface area contributed by atoms with Gasteiger partial charge < -0.3 is 0 Å². The summed E-state index contributed by atoms with van der Waals surface area (Å²) in [5, 5.41) is -0.168. The molecule has 1 aliphatic heterocycles. The molecule has 1 aliphatic rings. The number of hydrogen-bond donors (Lipinski definition) is 0. The molecule has 0 aromatic heterocycles. The second kappa shape index (κ2) is 4.19. The Balaban J connectivity index is 2.94. The maximum Gasteiger partial charge on any atom is 0.217 e. The summed E-state index contributed by atoms with van der Waals surface area (Å²) in [4.78, 5) is 0. The van der Waals surface area contributed by atoms with E-state index in [0.29, 0.717) is 6.54 Å². The van der Waals surface area contributed by atoms with Gasteiger partial charge in [0.15, 0.2) is 0 Å². The molecule has 0 saturated carbocycles. The smallest absolute Gasteiger partial charge is 0.212 e. The van der Waals surface area contributed by atoms with Crippen molar-refractivity contribution in [2.24, 2.45) is 5.92 Å². The summed E-state index contributed by atoms with van der Waals surface area (Å²) < 4.78 is 25.9. The van der Waals surface area contributed by atoms with E-state index in [1.54, 1.807) is 4.31 Å². The SMILES string of the molecule is CC(C)C1CCCN(C(C)C)S1(=O)=O. The third kappa shape index (κ3) is 2.11. The average molecular weight is 219 g/mol. The predicted octanol–water partition coefficient (Wildman–Crippen LogP) is 1.84. The van der Waals surface area contributed by atoms with Gasteiger partial charge in [0, 0.05) is 12.6 Å². The zero-order valence-electron chi connectivity index (χ0n) is 9.53. The van der Waals surface area contributed by atoms with Crippen LogP contribution in [0.25, 0.3) is 0 Å². The minimum Gasteiger partial charge on any atom is -0.212 e. The van der Waals surface area contributed by atoms with Crippen LogP contribution in [0.1, 0.15) is 40.5 Å². The second-order valence-electron chi connectivity index (χ2n) is 4.67. The lowest BCUT2D eigenvalue weighted by molar-refractivity contribution is 0.304. The molecule has 1 fully saturated rings. The molecule has 3 nitrogen and oxygen atoms in total. The van der Waals surface area contributed by atoms with Gasteiger partial charge in [0.2, 0.25) is 10.0 Å². The van der Waals surface area contributed by atoms with Crippen LogP contribution >= 0.6 is 0 Å². The molecule has 0 radical (unpaired) electrons. The lowest BCUT2D eigenvalue weighted by Gasteiger charge is -2.36. The van der Waals surface area contributed by atoms with Gasteiger partial charge in [-0.3, -0.25) is 0 Å². The molecule has 0 spiro atoms. The molecule has 1 saturated heterocycles. The van der Waals surface area contributed by atoms with E-state index in [2.05, 4.69) is 0 Å². The van der Waals surface area contributed by atoms with Crippen molar-refractivity contribution in [2.45, 2.75) is 51.8 Å². The van der Waals surface area contributed by atoms with Crippen LogP contribution in [0.4, 0.5) is 0 Å². The molecular formula is C10H21NO2S. The Bertz CT molecular complexity index is 260. The fourth-order valence-corrected chi connectivity index (χ4v) is 4.60. The lowest BCUT2D eigenvalue weighted by Crippen LogP contribution is -2.48. The summed E-state index contributed by atoms with van der Waals surface area (Å²) in [5.74, 6) is 0.224. The summed E-state index contributed by atoms with van der Waals surface area (Å²) in [6, 6.07) is 0.0987. The number of sulfonamides is 1. The van der Waals surface area contributed by atoms with Crippen LogP contribution in [0.2, 0.25) is 0 Å². The maximum atomic E-state index is 12.1. The fraction of sp³-hybridized carbons (Fsp3) is 1.00. The first-order chi connectivity index (χ1) is 6.37. The van der Waals surface area contributed by atoms with Crippen molar-refractivity contribution in [3.8, 4) is 0 Å². The molecule has 0 amide bonds. The molecule has 0 N–H and O–H groups in total. The molecule has 84 valence electrons. The van der Waals surface area contributed by atoms with Crippen molar-refractivity contribution >= 4 is 10.0 Å². The van der Waals surface area contributed by atoms with Gasteiger partial charge >= 0.3 is 0 Å². The zero-order valence-corrected chi connectivity index (χ0v) is 10.3. The number of rotatable bonds is 2. The Hall–Kier alpha value is -0.0900. The Labute approximate surface area is 87.5 Å². The highest BCUT2D eigenvalue weighted by Crippen LogP contribution is 2.28. The Morgan fingerprint density at radius 3 is 2.21 bits per heavy atom. The highest BCUT2D eigenvalue weighted by molar-refractivity contribution is 7.89. The Kier molecular flexibility index (Phi) is 3.58. The van der Waals surface area contributed by atoms with Gasteiger partial charge in [-0.2, -0.15) is 4.31 Å². The minimum atomic E-state index is -3.03. The van der Waals surface area contributed by atoms with Gasteiger partial charge in [-0.25, -0.2) is 8.42 Å². The summed E-state index contributed by atoms with van der Waals surface area (Å²) >= 11 is 0. The van der Waals surface area contributed by atoms with Gasteiger partial charge in [0.25, 0.3) is 0 Å². The van der Waals surface area contributed by atoms with Crippen LogP contribution in [0.3, 0.4) is 0 Å². The Morgan fingerprint density at radius 2 is 1.79 bits per heavy atom. The molecule has 14 heavy (non-hydrogen) atoms. The van der Waals surface area contributed by atoms with E-state index in [9.17, 15) is 8.42 Å². The van der Waals surface area contributed by atoms with Crippen LogP contribution in [0.15, 0.2) is 0 Å². The molecule has 0 aromatic rings. The van der Waals surface area contributed by atoms with E-state index < -0.39 is 10.0 Å². The predicted molar refractivity (Wildman–Crippen MR) is 58.6 cm³/mol. The quantitative estimate of drug-likeness (QED) is 0.710. The van der Waals surface area contributed by atoms with Crippen LogP contribution in [-0.2, 0) is 10.0 Å². The second-order valence-corrected chi connectivity index (χ2v) is 6.78. The number of nitrogens with zero attached hydrogens (tertiary/aromatic N) is 1. The van der Waals surface area contributed by atoms with E-state index >= 15 is 0 Å². The van der Waals surface area contributed by atoms with Crippen molar-refractivity contribution in [1.82, 2.24) is 4.31 Å². The topological polar surface area (TPSA) is 37.4 Å². The lowest BCUT2D eigenvalue weighted by atomic mass is 10.1. The van der Waals surface area contributed by atoms with Gasteiger partial charge in [-0.05, 0) is 32.6 Å². The van der Waals surface area contributed by atoms with E-state index in [1.165, 1.54) is 0 Å². The highest BCUT2D eigenvalue weighted by atomic mass is 32.2. The summed E-state index contributed by atoms with van der Waals surface area (Å²) in [5.41, 5.74) is 0. The first kappa shape index (κ1) is 12.0. The highest BCUT2D eigenvalue weighted by Gasteiger charge is 2.38. The summed E-state index contributed by atoms with van der Waals surface area (Å²) in [6.07, 6.45) is 1.82. The summed E-state index contributed by atoms with van der Waals surface area (Å²) in [7, 11) is -3.03. The molecule has 1 rings (SSSR count). The van der Waals surface area contributed by atoms with Crippen molar-refractivity contribution < 1.29 is 8.42 Å². The first-order valence-electron chi connectivity index (χ1n) is 5.38. The monoisotopic (exact) mass is 219 g/mol. The normalized spacial score (nSPS) is 28.6. The molecule has 0 bridgehead atoms. The molecule has 4 heteroatoms. The molecule has 0 aliphatic carbocycles. The maximum absolute atomic E-state index is 12.1.